The molecule has 0 atom stereocenters. The van der Waals surface area contributed by atoms with E-state index in [-0.39, 0.29) is 11.2 Å². The second kappa shape index (κ2) is 7.43. The lowest BCUT2D eigenvalue weighted by Gasteiger charge is -2.08. The molecule has 7 nitrogen and oxygen atoms in total. The molecule has 0 N–H and O–H groups in total. The number of fused-ring (bicyclic) bond motifs is 3. The van der Waals surface area contributed by atoms with E-state index in [0.29, 0.717) is 36.5 Å². The van der Waals surface area contributed by atoms with Crippen LogP contribution in [0.5, 0.6) is 0 Å². The third-order valence-electron chi connectivity index (χ3n) is 5.79. The number of aromatic nitrogens is 5. The molecule has 0 unspecified atom stereocenters. The Balaban J connectivity index is 1.65. The Morgan fingerprint density at radius 1 is 0.871 bits per heavy atom. The number of nitrogens with zero attached hydrogens (tertiary/aromatic N) is 5. The van der Waals surface area contributed by atoms with Crippen molar-refractivity contribution >= 4 is 16.9 Å². The lowest BCUT2D eigenvalue weighted by atomic mass is 10.1. The second-order valence-corrected chi connectivity index (χ2v) is 7.83. The van der Waals surface area contributed by atoms with Crippen LogP contribution in [-0.2, 0) is 26.6 Å². The van der Waals surface area contributed by atoms with Crippen molar-refractivity contribution in [2.45, 2.75) is 26.4 Å². The molecule has 5 aromatic rings. The van der Waals surface area contributed by atoms with E-state index < -0.39 is 0 Å². The van der Waals surface area contributed by atoms with E-state index in [1.165, 1.54) is 9.13 Å². The van der Waals surface area contributed by atoms with Crippen LogP contribution in [0.2, 0.25) is 0 Å². The number of hydrogen-bond donors (Lipinski definition) is 0. The van der Waals surface area contributed by atoms with E-state index >= 15 is 0 Å². The van der Waals surface area contributed by atoms with Gasteiger partial charge in [0.05, 0.1) is 6.54 Å². The molecule has 0 aliphatic rings. The van der Waals surface area contributed by atoms with E-state index in [1.807, 2.05) is 66.1 Å². The summed E-state index contributed by atoms with van der Waals surface area (Å²) < 4.78 is 6.66. The molecule has 0 bridgehead atoms. The molecule has 5 rings (SSSR count). The summed E-state index contributed by atoms with van der Waals surface area (Å²) in [4.78, 5) is 31.0. The van der Waals surface area contributed by atoms with Crippen LogP contribution >= 0.6 is 0 Å². The molecular formula is C24H23N5O2. The highest BCUT2D eigenvalue weighted by Crippen LogP contribution is 2.18. The Morgan fingerprint density at radius 2 is 1.52 bits per heavy atom. The van der Waals surface area contributed by atoms with E-state index in [9.17, 15) is 9.59 Å². The summed E-state index contributed by atoms with van der Waals surface area (Å²) in [5, 5.41) is 0. The highest BCUT2D eigenvalue weighted by Gasteiger charge is 2.20. The van der Waals surface area contributed by atoms with Gasteiger partial charge in [0, 0.05) is 25.5 Å². The normalized spacial score (nSPS) is 11.5. The third-order valence-corrected chi connectivity index (χ3v) is 5.79. The minimum atomic E-state index is -0.347. The Kier molecular flexibility index (Phi) is 4.58. The van der Waals surface area contributed by atoms with Gasteiger partial charge in [0.1, 0.15) is 0 Å². The van der Waals surface area contributed by atoms with Gasteiger partial charge in [-0.3, -0.25) is 18.3 Å². The fourth-order valence-corrected chi connectivity index (χ4v) is 4.10. The smallest absolute Gasteiger partial charge is 0.310 e. The van der Waals surface area contributed by atoms with Crippen molar-refractivity contribution < 1.29 is 0 Å². The van der Waals surface area contributed by atoms with Crippen LogP contribution < -0.4 is 11.2 Å². The average Bonchev–Trinajstić information content (AvgIpc) is 3.29. The standard InChI is InChI=1S/C24H23N5O2/c1-17-15-29-20-21(25-23(29)28(17)16-19-11-7-4-8-12-19)26(2)24(31)27(22(20)30)14-13-18-9-5-3-6-10-18/h3-12,15H,13-14,16H2,1-2H3. The first-order valence-electron chi connectivity index (χ1n) is 10.3. The summed E-state index contributed by atoms with van der Waals surface area (Å²) in [6.45, 7) is 2.96. The first kappa shape index (κ1) is 19.1. The largest absolute Gasteiger partial charge is 0.332 e. The van der Waals surface area contributed by atoms with Crippen molar-refractivity contribution in [3.05, 3.63) is 105 Å². The fourth-order valence-electron chi connectivity index (χ4n) is 4.10. The predicted molar refractivity (Wildman–Crippen MR) is 121 cm³/mol. The first-order chi connectivity index (χ1) is 15.0. The van der Waals surface area contributed by atoms with Crippen LogP contribution in [0.3, 0.4) is 0 Å². The highest BCUT2D eigenvalue weighted by molar-refractivity contribution is 5.75. The van der Waals surface area contributed by atoms with Gasteiger partial charge in [-0.2, -0.15) is 4.98 Å². The topological polar surface area (TPSA) is 66.2 Å². The average molecular weight is 413 g/mol. The Labute approximate surface area is 178 Å². The minimum absolute atomic E-state index is 0.307. The Bertz CT molecular complexity index is 1500. The Morgan fingerprint density at radius 3 is 2.19 bits per heavy atom. The van der Waals surface area contributed by atoms with Crippen LogP contribution in [0.25, 0.3) is 16.9 Å². The molecule has 0 radical (unpaired) electrons. The number of benzene rings is 2. The zero-order chi connectivity index (χ0) is 21.5. The molecule has 2 aromatic carbocycles. The molecular weight excluding hydrogens is 390 g/mol. The molecule has 31 heavy (non-hydrogen) atoms. The molecule has 0 saturated carbocycles. The second-order valence-electron chi connectivity index (χ2n) is 7.83. The van der Waals surface area contributed by atoms with E-state index in [2.05, 4.69) is 21.7 Å². The maximum atomic E-state index is 13.4. The molecule has 156 valence electrons. The number of imidazole rings is 2. The molecule has 0 spiro atoms. The van der Waals surface area contributed by atoms with Crippen molar-refractivity contribution in [3.63, 3.8) is 0 Å². The van der Waals surface area contributed by atoms with Crippen molar-refractivity contribution in [1.29, 1.82) is 0 Å². The van der Waals surface area contributed by atoms with Crippen LogP contribution in [0, 0.1) is 6.92 Å². The van der Waals surface area contributed by atoms with Gasteiger partial charge in [0.2, 0.25) is 5.78 Å². The van der Waals surface area contributed by atoms with Gasteiger partial charge in [-0.05, 0) is 24.5 Å². The summed E-state index contributed by atoms with van der Waals surface area (Å²) >= 11 is 0. The van der Waals surface area contributed by atoms with Crippen molar-refractivity contribution in [2.24, 2.45) is 7.05 Å². The van der Waals surface area contributed by atoms with Gasteiger partial charge in [0.15, 0.2) is 11.2 Å². The lowest BCUT2D eigenvalue weighted by Crippen LogP contribution is -2.39. The highest BCUT2D eigenvalue weighted by atomic mass is 16.2. The maximum absolute atomic E-state index is 13.4. The summed E-state index contributed by atoms with van der Waals surface area (Å²) in [5.41, 5.74) is 3.41. The van der Waals surface area contributed by atoms with Gasteiger partial charge in [0.25, 0.3) is 5.56 Å². The third kappa shape index (κ3) is 3.18. The molecule has 0 amide bonds. The number of hydrogen-bond acceptors (Lipinski definition) is 3. The number of rotatable bonds is 5. The van der Waals surface area contributed by atoms with Crippen LogP contribution in [0.4, 0.5) is 0 Å². The lowest BCUT2D eigenvalue weighted by molar-refractivity contribution is 0.602. The zero-order valence-corrected chi connectivity index (χ0v) is 17.5. The predicted octanol–water partition coefficient (Wildman–Crippen LogP) is 2.75. The van der Waals surface area contributed by atoms with Crippen LogP contribution in [0.15, 0.2) is 76.4 Å². The Hall–Kier alpha value is -3.87. The van der Waals surface area contributed by atoms with Crippen molar-refractivity contribution in [2.75, 3.05) is 0 Å². The van der Waals surface area contributed by atoms with Gasteiger partial charge < -0.3 is 4.57 Å². The first-order valence-corrected chi connectivity index (χ1v) is 10.3. The molecule has 0 fully saturated rings. The zero-order valence-electron chi connectivity index (χ0n) is 17.5. The van der Waals surface area contributed by atoms with E-state index in [4.69, 9.17) is 0 Å². The summed E-state index contributed by atoms with van der Waals surface area (Å²) in [7, 11) is 1.67. The summed E-state index contributed by atoms with van der Waals surface area (Å²) in [6, 6.07) is 20.0. The maximum Gasteiger partial charge on any atom is 0.332 e. The van der Waals surface area contributed by atoms with Gasteiger partial charge in [-0.1, -0.05) is 60.7 Å². The van der Waals surface area contributed by atoms with Crippen LogP contribution in [-0.4, -0.2) is 23.1 Å². The van der Waals surface area contributed by atoms with Gasteiger partial charge >= 0.3 is 5.69 Å². The quantitative estimate of drug-likeness (QED) is 0.445. The van der Waals surface area contributed by atoms with Gasteiger partial charge in [-0.15, -0.1) is 0 Å². The monoisotopic (exact) mass is 413 g/mol. The van der Waals surface area contributed by atoms with Crippen molar-refractivity contribution in [1.82, 2.24) is 23.1 Å². The van der Waals surface area contributed by atoms with Crippen molar-refractivity contribution in [3.8, 4) is 0 Å². The number of aryl methyl sites for hydroxylation is 3. The molecule has 3 heterocycles. The molecule has 3 aromatic heterocycles. The summed E-state index contributed by atoms with van der Waals surface area (Å²) in [5.74, 6) is 0.657. The molecule has 7 heteroatoms. The van der Waals surface area contributed by atoms with E-state index in [1.54, 1.807) is 7.05 Å². The summed E-state index contributed by atoms with van der Waals surface area (Å²) in [6.07, 6.45) is 2.53. The molecule has 0 aliphatic heterocycles. The fraction of sp³-hybridized carbons (Fsp3) is 0.208. The van der Waals surface area contributed by atoms with Gasteiger partial charge in [-0.25, -0.2) is 4.79 Å². The van der Waals surface area contributed by atoms with Crippen LogP contribution in [0.1, 0.15) is 16.8 Å². The molecule has 0 aliphatic carbocycles. The van der Waals surface area contributed by atoms with E-state index in [0.717, 1.165) is 16.8 Å². The SMILES string of the molecule is Cc1cn2c3c(=O)n(CCc4ccccc4)c(=O)n(C)c3nc2n1Cc1ccccc1. The minimum Gasteiger partial charge on any atom is -0.310 e. The molecule has 0 saturated heterocycles.